The number of nitrogens with zero attached hydrogens (tertiary/aromatic N) is 2. The molecule has 4 N–H and O–H groups in total. The molecule has 0 bridgehead atoms. The van der Waals surface area contributed by atoms with Crippen molar-refractivity contribution in [2.75, 3.05) is 11.9 Å². The van der Waals surface area contributed by atoms with Crippen LogP contribution in [-0.4, -0.2) is 38.3 Å². The molecule has 2 amide bonds. The van der Waals surface area contributed by atoms with E-state index < -0.39 is 28.1 Å². The lowest BCUT2D eigenvalue weighted by Gasteiger charge is -2.10. The normalized spacial score (nSPS) is 12.1. The van der Waals surface area contributed by atoms with E-state index in [2.05, 4.69) is 20.2 Å². The molecule has 0 radical (unpaired) electrons. The van der Waals surface area contributed by atoms with Gasteiger partial charge in [0.15, 0.2) is 10.8 Å². The number of rotatable bonds is 4. The number of alkyl halides is 3. The van der Waals surface area contributed by atoms with E-state index in [1.165, 1.54) is 5.38 Å². The summed E-state index contributed by atoms with van der Waals surface area (Å²) in [7, 11) is 0. The third-order valence-electron chi connectivity index (χ3n) is 1.66. The number of amides is 2. The average molecular weight is 362 g/mol. The smallest absolute Gasteiger partial charge is 0.413 e. The summed E-state index contributed by atoms with van der Waals surface area (Å²) in [6.45, 7) is -0.452. The van der Waals surface area contributed by atoms with Gasteiger partial charge in [-0.3, -0.25) is 10.1 Å². The van der Waals surface area contributed by atoms with E-state index in [1.54, 1.807) is 0 Å². The number of hydrogen-bond acceptors (Lipinski definition) is 7. The minimum atomic E-state index is -1.73. The molecule has 0 unspecified atom stereocenters. The number of nitrogens with two attached hydrogens (primary N) is 1. The Bertz CT molecular complexity index is 542. The molecule has 0 aliphatic rings. The molecule has 20 heavy (non-hydrogen) atoms. The molecule has 12 heteroatoms. The van der Waals surface area contributed by atoms with Gasteiger partial charge in [0, 0.05) is 5.38 Å². The van der Waals surface area contributed by atoms with Gasteiger partial charge in [-0.25, -0.2) is 9.78 Å². The van der Waals surface area contributed by atoms with Crippen molar-refractivity contribution in [1.82, 2.24) is 4.98 Å². The predicted molar refractivity (Wildman–Crippen MR) is 74.9 cm³/mol. The van der Waals surface area contributed by atoms with Crippen molar-refractivity contribution in [2.45, 2.75) is 3.79 Å². The maximum absolute atomic E-state index is 11.3. The van der Waals surface area contributed by atoms with Crippen LogP contribution in [0.25, 0.3) is 0 Å². The number of hydrogen-bond donors (Lipinski definition) is 3. The van der Waals surface area contributed by atoms with Crippen LogP contribution in [0.15, 0.2) is 10.5 Å². The Kier molecular flexibility index (Phi) is 5.81. The van der Waals surface area contributed by atoms with Gasteiger partial charge in [-0.2, -0.15) is 0 Å². The van der Waals surface area contributed by atoms with Crippen molar-refractivity contribution in [3.05, 3.63) is 11.1 Å². The highest BCUT2D eigenvalue weighted by Gasteiger charge is 2.22. The van der Waals surface area contributed by atoms with Gasteiger partial charge in [0.25, 0.3) is 5.91 Å². The Balaban J connectivity index is 2.65. The van der Waals surface area contributed by atoms with Crippen LogP contribution in [0, 0.1) is 0 Å². The Hall–Kier alpha value is -1.29. The SMILES string of the molecule is NC(=O)C(=NO)c1csc(NC(=O)OCC(Cl)(Cl)Cl)n1. The first-order valence-corrected chi connectivity index (χ1v) is 6.72. The van der Waals surface area contributed by atoms with Gasteiger partial charge in [-0.1, -0.05) is 40.0 Å². The lowest BCUT2D eigenvalue weighted by Crippen LogP contribution is -2.25. The number of nitrogens with one attached hydrogen (secondary N) is 1. The van der Waals surface area contributed by atoms with Crippen molar-refractivity contribution < 1.29 is 19.5 Å². The molecule has 8 nitrogen and oxygen atoms in total. The van der Waals surface area contributed by atoms with Gasteiger partial charge < -0.3 is 15.7 Å². The first-order valence-electron chi connectivity index (χ1n) is 4.71. The molecule has 0 saturated carbocycles. The van der Waals surface area contributed by atoms with Crippen LogP contribution in [0.3, 0.4) is 0 Å². The Labute approximate surface area is 131 Å². The zero-order valence-electron chi connectivity index (χ0n) is 9.47. The lowest BCUT2D eigenvalue weighted by molar-refractivity contribution is -0.112. The first kappa shape index (κ1) is 16.8. The zero-order valence-corrected chi connectivity index (χ0v) is 12.6. The largest absolute Gasteiger partial charge is 0.445 e. The number of halogens is 3. The van der Waals surface area contributed by atoms with Gasteiger partial charge in [0.1, 0.15) is 12.3 Å². The summed E-state index contributed by atoms with van der Waals surface area (Å²) in [5, 5.41) is 15.0. The van der Waals surface area contributed by atoms with Crippen LogP contribution < -0.4 is 11.1 Å². The Morgan fingerprint density at radius 2 is 2.20 bits per heavy atom. The molecule has 0 aromatic carbocycles. The summed E-state index contributed by atoms with van der Waals surface area (Å²) in [5.41, 5.74) is 4.52. The summed E-state index contributed by atoms with van der Waals surface area (Å²) in [6, 6.07) is 0. The topological polar surface area (TPSA) is 127 Å². The minimum absolute atomic E-state index is 0.00155. The third kappa shape index (κ3) is 5.37. The van der Waals surface area contributed by atoms with Crippen LogP contribution in [0.1, 0.15) is 5.69 Å². The van der Waals surface area contributed by atoms with Gasteiger partial charge in [0.2, 0.25) is 3.79 Å². The molecular weight excluding hydrogens is 355 g/mol. The average Bonchev–Trinajstić information content (AvgIpc) is 2.74. The fourth-order valence-corrected chi connectivity index (χ4v) is 1.78. The highest BCUT2D eigenvalue weighted by Crippen LogP contribution is 2.26. The van der Waals surface area contributed by atoms with Crippen LogP contribution >= 0.6 is 46.1 Å². The third-order valence-corrected chi connectivity index (χ3v) is 2.74. The molecule has 1 aromatic rings. The second-order valence-corrected chi connectivity index (χ2v) is 6.54. The quantitative estimate of drug-likeness (QED) is 0.326. The van der Waals surface area contributed by atoms with Gasteiger partial charge in [-0.05, 0) is 0 Å². The van der Waals surface area contributed by atoms with E-state index in [-0.39, 0.29) is 10.8 Å². The van der Waals surface area contributed by atoms with Crippen molar-refractivity contribution in [2.24, 2.45) is 10.9 Å². The molecular formula is C8H7Cl3N4O4S. The summed E-state index contributed by atoms with van der Waals surface area (Å²) < 4.78 is 2.88. The van der Waals surface area contributed by atoms with Crippen molar-refractivity contribution in [1.29, 1.82) is 0 Å². The number of thiazole rings is 1. The highest BCUT2D eigenvalue weighted by molar-refractivity contribution is 7.14. The molecule has 0 spiro atoms. The van der Waals surface area contributed by atoms with E-state index >= 15 is 0 Å². The maximum atomic E-state index is 11.3. The van der Waals surface area contributed by atoms with Crippen molar-refractivity contribution in [3.8, 4) is 0 Å². The second kappa shape index (κ2) is 6.93. The standard InChI is InChI=1S/C8H7Cl3N4O4S/c9-8(10,11)2-19-7(17)14-6-13-3(1-20-6)4(15-18)5(12)16/h1,18H,2H2,(H2,12,16)(H,13,14,17). The molecule has 1 rings (SSSR count). The number of carbonyl (C=O) groups is 2. The van der Waals surface area contributed by atoms with E-state index in [0.29, 0.717) is 0 Å². The summed E-state index contributed by atoms with van der Waals surface area (Å²) in [6.07, 6.45) is -0.904. The molecule has 0 aliphatic carbocycles. The van der Waals surface area contributed by atoms with Crippen molar-refractivity contribution >= 4 is 69.0 Å². The Morgan fingerprint density at radius 1 is 1.55 bits per heavy atom. The monoisotopic (exact) mass is 360 g/mol. The molecule has 1 aromatic heterocycles. The van der Waals surface area contributed by atoms with E-state index in [0.717, 1.165) is 11.3 Å². The number of primary amides is 1. The second-order valence-electron chi connectivity index (χ2n) is 3.17. The molecule has 0 atom stereocenters. The maximum Gasteiger partial charge on any atom is 0.413 e. The number of carbonyl (C=O) groups excluding carboxylic acids is 2. The number of ether oxygens (including phenoxy) is 1. The predicted octanol–water partition coefficient (Wildman–Crippen LogP) is 1.73. The molecule has 0 saturated heterocycles. The van der Waals surface area contributed by atoms with Crippen LogP contribution in [0.5, 0.6) is 0 Å². The number of anilines is 1. The Morgan fingerprint density at radius 3 is 2.70 bits per heavy atom. The van der Waals surface area contributed by atoms with E-state index in [9.17, 15) is 9.59 Å². The molecule has 110 valence electrons. The van der Waals surface area contributed by atoms with Crippen LogP contribution in [-0.2, 0) is 9.53 Å². The molecule has 1 heterocycles. The highest BCUT2D eigenvalue weighted by atomic mass is 35.6. The first-order chi connectivity index (χ1) is 9.23. The fraction of sp³-hybridized carbons (Fsp3) is 0.250. The zero-order chi connectivity index (χ0) is 15.3. The number of oxime groups is 1. The fourth-order valence-electron chi connectivity index (χ4n) is 0.937. The van der Waals surface area contributed by atoms with E-state index in [4.69, 9.17) is 45.7 Å². The van der Waals surface area contributed by atoms with Gasteiger partial charge >= 0.3 is 6.09 Å². The van der Waals surface area contributed by atoms with Crippen LogP contribution in [0.4, 0.5) is 9.93 Å². The molecule has 0 fully saturated rings. The van der Waals surface area contributed by atoms with Gasteiger partial charge in [-0.15, -0.1) is 11.3 Å². The van der Waals surface area contributed by atoms with Gasteiger partial charge in [0.05, 0.1) is 0 Å². The molecule has 0 aliphatic heterocycles. The summed E-state index contributed by atoms with van der Waals surface area (Å²) in [4.78, 5) is 26.0. The minimum Gasteiger partial charge on any atom is -0.445 e. The van der Waals surface area contributed by atoms with E-state index in [1.807, 2.05) is 0 Å². The summed E-state index contributed by atoms with van der Waals surface area (Å²) in [5.74, 6) is -0.969. The summed E-state index contributed by atoms with van der Waals surface area (Å²) >= 11 is 17.1. The lowest BCUT2D eigenvalue weighted by atomic mass is 10.3. The van der Waals surface area contributed by atoms with Crippen LogP contribution in [0.2, 0.25) is 0 Å². The number of aromatic nitrogens is 1. The van der Waals surface area contributed by atoms with Crippen molar-refractivity contribution in [3.63, 3.8) is 0 Å².